The first-order chi connectivity index (χ1) is 27.6. The Morgan fingerprint density at radius 3 is 1.32 bits per heavy atom. The first-order valence-electron chi connectivity index (χ1n) is 18.9. The maximum atomic E-state index is 4.46. The molecule has 3 heteroatoms. The number of pyridine rings is 2. The van der Waals surface area contributed by atoms with E-state index >= 15 is 0 Å². The summed E-state index contributed by atoms with van der Waals surface area (Å²) in [6.07, 6.45) is 3.64. The first kappa shape index (κ1) is 38.8. The van der Waals surface area contributed by atoms with Crippen LogP contribution >= 0.6 is 0 Å². The molecule has 0 saturated carbocycles. The van der Waals surface area contributed by atoms with Crippen LogP contribution in [-0.4, -0.2) is 9.97 Å². The molecule has 2 nitrogen and oxygen atoms in total. The monoisotopic (exact) mass is 909 g/mol. The van der Waals surface area contributed by atoms with Crippen molar-refractivity contribution < 1.29 is 20.1 Å². The number of aryl methyl sites for hydroxylation is 2. The topological polar surface area (TPSA) is 25.8 Å². The summed E-state index contributed by atoms with van der Waals surface area (Å²) in [6.45, 7) is 4.36. The van der Waals surface area contributed by atoms with Gasteiger partial charge in [0.25, 0.3) is 0 Å². The number of aromatic nitrogens is 2. The van der Waals surface area contributed by atoms with Crippen LogP contribution in [0, 0.1) is 26.0 Å². The Kier molecular flexibility index (Phi) is 12.5. The van der Waals surface area contributed by atoms with Gasteiger partial charge in [-0.25, -0.2) is 0 Å². The van der Waals surface area contributed by atoms with Gasteiger partial charge in [0.15, 0.2) is 0 Å². The fourth-order valence-electron chi connectivity index (χ4n) is 7.20. The van der Waals surface area contributed by atoms with Crippen LogP contribution in [0.25, 0.3) is 78.1 Å². The summed E-state index contributed by atoms with van der Waals surface area (Å²) in [4.78, 5) is 8.92. The van der Waals surface area contributed by atoms with Crippen molar-refractivity contribution in [2.75, 3.05) is 0 Å². The third kappa shape index (κ3) is 9.14. The number of hydrogen-bond donors (Lipinski definition) is 0. The van der Waals surface area contributed by atoms with E-state index in [1.54, 1.807) is 0 Å². The van der Waals surface area contributed by atoms with Crippen LogP contribution in [0.2, 0.25) is 0 Å². The van der Waals surface area contributed by atoms with E-state index in [0.717, 1.165) is 28.1 Å². The molecule has 9 aromatic rings. The number of hydrogen-bond acceptors (Lipinski definition) is 2. The maximum absolute atomic E-state index is 4.46. The van der Waals surface area contributed by atoms with Crippen molar-refractivity contribution in [1.29, 1.82) is 0 Å². The molecule has 0 N–H and O–H groups in total. The molecule has 0 fully saturated rings. The Labute approximate surface area is 350 Å². The van der Waals surface area contributed by atoms with E-state index < -0.39 is 0 Å². The summed E-state index contributed by atoms with van der Waals surface area (Å²) in [5, 5.41) is 0. The van der Waals surface area contributed by atoms with E-state index in [-0.39, 0.29) is 20.1 Å². The molecule has 0 spiro atoms. The molecule has 2 aromatic heterocycles. The molecule has 0 atom stereocenters. The van der Waals surface area contributed by atoms with Crippen LogP contribution in [0.3, 0.4) is 0 Å². The molecule has 0 aliphatic rings. The molecular weight excluding hydrogens is 869 g/mol. The molecule has 0 aliphatic heterocycles. The quantitative estimate of drug-likeness (QED) is 0.149. The molecule has 0 amide bonds. The zero-order chi connectivity index (χ0) is 38.1. The second-order valence-corrected chi connectivity index (χ2v) is 13.8. The van der Waals surface area contributed by atoms with Gasteiger partial charge >= 0.3 is 0 Å². The minimum absolute atomic E-state index is 0. The van der Waals surface area contributed by atoms with E-state index in [9.17, 15) is 0 Å². The van der Waals surface area contributed by atoms with Crippen molar-refractivity contribution in [2.45, 2.75) is 13.8 Å². The molecule has 0 unspecified atom stereocenters. The molecular formula is C54H40IrN2-2. The van der Waals surface area contributed by atoms with E-state index in [0.29, 0.717) is 0 Å². The smallest absolute Gasteiger partial charge is 0.0160 e. The van der Waals surface area contributed by atoms with Crippen molar-refractivity contribution in [1.82, 2.24) is 9.97 Å². The Balaban J connectivity index is 0.000000173. The summed E-state index contributed by atoms with van der Waals surface area (Å²) >= 11 is 0. The average Bonchev–Trinajstić information content (AvgIpc) is 3.28. The maximum Gasteiger partial charge on any atom is 0.0160 e. The number of benzene rings is 7. The van der Waals surface area contributed by atoms with E-state index in [4.69, 9.17) is 0 Å². The van der Waals surface area contributed by atoms with Gasteiger partial charge in [-0.3, -0.25) is 0 Å². The van der Waals surface area contributed by atoms with Crippen molar-refractivity contribution in [2.24, 2.45) is 0 Å². The fraction of sp³-hybridized carbons (Fsp3) is 0.0370. The summed E-state index contributed by atoms with van der Waals surface area (Å²) in [5.74, 6) is 0. The summed E-state index contributed by atoms with van der Waals surface area (Å²) in [5.41, 5.74) is 18.7. The fourth-order valence-corrected chi connectivity index (χ4v) is 7.20. The molecule has 9 rings (SSSR count). The minimum Gasteiger partial charge on any atom is -0.305 e. The third-order valence-electron chi connectivity index (χ3n) is 9.97. The van der Waals surface area contributed by atoms with Crippen LogP contribution < -0.4 is 0 Å². The molecule has 0 bridgehead atoms. The predicted octanol–water partition coefficient (Wildman–Crippen LogP) is 14.0. The first-order valence-corrected chi connectivity index (χ1v) is 18.9. The van der Waals surface area contributed by atoms with Crippen molar-refractivity contribution >= 4 is 0 Å². The van der Waals surface area contributed by atoms with Crippen LogP contribution in [-0.2, 0) is 20.1 Å². The van der Waals surface area contributed by atoms with Crippen LogP contribution in [0.5, 0.6) is 0 Å². The Morgan fingerprint density at radius 1 is 0.351 bits per heavy atom. The van der Waals surface area contributed by atoms with Gasteiger partial charge in [0.2, 0.25) is 0 Å². The Hall–Kier alpha value is -6.51. The largest absolute Gasteiger partial charge is 0.305 e. The van der Waals surface area contributed by atoms with Crippen molar-refractivity contribution in [3.8, 4) is 78.1 Å². The van der Waals surface area contributed by atoms with E-state index in [2.05, 4.69) is 175 Å². The minimum atomic E-state index is 0. The number of nitrogens with zero attached hydrogens (tertiary/aromatic N) is 2. The molecule has 7 aromatic carbocycles. The molecule has 0 saturated heterocycles. The van der Waals surface area contributed by atoms with Crippen molar-refractivity contribution in [3.05, 3.63) is 230 Å². The molecule has 1 radical (unpaired) electrons. The van der Waals surface area contributed by atoms with E-state index in [1.165, 1.54) is 61.2 Å². The summed E-state index contributed by atoms with van der Waals surface area (Å²) < 4.78 is 0. The Bertz CT molecular complexity index is 2590. The zero-order valence-electron chi connectivity index (χ0n) is 31.9. The second kappa shape index (κ2) is 18.4. The van der Waals surface area contributed by atoms with Crippen molar-refractivity contribution in [3.63, 3.8) is 0 Å². The van der Waals surface area contributed by atoms with Gasteiger partial charge in [0, 0.05) is 32.5 Å². The Morgan fingerprint density at radius 2 is 0.772 bits per heavy atom. The second-order valence-electron chi connectivity index (χ2n) is 13.8. The summed E-state index contributed by atoms with van der Waals surface area (Å²) in [6, 6.07) is 74.0. The zero-order valence-corrected chi connectivity index (χ0v) is 34.3. The van der Waals surface area contributed by atoms with Gasteiger partial charge in [-0.15, -0.1) is 70.8 Å². The van der Waals surface area contributed by atoms with Gasteiger partial charge in [-0.1, -0.05) is 133 Å². The predicted molar refractivity (Wildman–Crippen MR) is 234 cm³/mol. The van der Waals surface area contributed by atoms with Gasteiger partial charge in [-0.2, -0.15) is 0 Å². The van der Waals surface area contributed by atoms with Crippen LogP contribution in [0.4, 0.5) is 0 Å². The molecule has 2 heterocycles. The van der Waals surface area contributed by atoms with Gasteiger partial charge < -0.3 is 9.97 Å². The van der Waals surface area contributed by atoms with E-state index in [1.807, 2.05) is 67.0 Å². The van der Waals surface area contributed by atoms with Gasteiger partial charge in [0.1, 0.15) is 0 Å². The van der Waals surface area contributed by atoms with Gasteiger partial charge in [0.05, 0.1) is 0 Å². The summed E-state index contributed by atoms with van der Waals surface area (Å²) in [7, 11) is 0. The van der Waals surface area contributed by atoms with Gasteiger partial charge in [-0.05, 0) is 105 Å². The third-order valence-corrected chi connectivity index (χ3v) is 9.97. The molecule has 57 heavy (non-hydrogen) atoms. The van der Waals surface area contributed by atoms with Crippen LogP contribution in [0.15, 0.2) is 207 Å². The average molecular weight is 909 g/mol. The molecule has 277 valence electrons. The standard InChI is InChI=1S/C29H20N.C25H20N.Ir/c1-2-9-22(10-3-1)23-11-6-12-24(19-23)25-13-7-14-26(20-25)27-15-8-16-28(21-27)29-17-4-5-18-30-29;1-18-9-7-10-19(2)25(18)23-14-4-3-13-22(23)20-11-8-12-21(17-20)24-15-5-6-16-26-24;/h1-15,17-21H;3-11,13-17H,1-2H3;/q2*-1;. The normalized spacial score (nSPS) is 10.5. The molecule has 0 aliphatic carbocycles. The number of rotatable bonds is 7. The SMILES string of the molecule is Cc1cccc(C)c1-c1ccccc1-c1cc[c-]c(-c2ccccn2)c1.[Ir].[c-]1ccc(-c2cccc(-c3cccc(-c4ccccc4)c3)c2)cc1-c1ccccn1. The van der Waals surface area contributed by atoms with Crippen LogP contribution in [0.1, 0.15) is 11.1 Å².